The van der Waals surface area contributed by atoms with Gasteiger partial charge in [-0.05, 0) is 35.3 Å². The van der Waals surface area contributed by atoms with Gasteiger partial charge in [0.15, 0.2) is 0 Å². The summed E-state index contributed by atoms with van der Waals surface area (Å²) in [6, 6.07) is 0.174. The Hall–Kier alpha value is -0.390. The maximum absolute atomic E-state index is 5.60. The van der Waals surface area contributed by atoms with Crippen molar-refractivity contribution in [3.63, 3.8) is 0 Å². The number of nitrogens with one attached hydrogen (secondary N) is 1. The summed E-state index contributed by atoms with van der Waals surface area (Å²) >= 11 is 3.61. The van der Waals surface area contributed by atoms with Crippen molar-refractivity contribution >= 4 is 15.9 Å². The molecule has 0 saturated heterocycles. The molecular formula is C13H24BrN3O. The molecule has 0 aliphatic rings. The van der Waals surface area contributed by atoms with E-state index >= 15 is 0 Å². The van der Waals surface area contributed by atoms with Gasteiger partial charge in [-0.25, -0.2) is 0 Å². The number of likely N-dealkylation sites (N-methyl/N-ethyl adjacent to an activating group) is 1. The normalized spacial score (nSPS) is 14.7. The Kier molecular flexibility index (Phi) is 6.89. The molecule has 0 bridgehead atoms. The average molecular weight is 318 g/mol. The summed E-state index contributed by atoms with van der Waals surface area (Å²) in [7, 11) is 1.77. The lowest BCUT2D eigenvalue weighted by atomic mass is 10.0. The lowest BCUT2D eigenvalue weighted by Gasteiger charge is -2.27. The number of aromatic nitrogens is 2. The summed E-state index contributed by atoms with van der Waals surface area (Å²) in [5.41, 5.74) is 1.19. The maximum atomic E-state index is 5.60. The van der Waals surface area contributed by atoms with Gasteiger partial charge in [-0.3, -0.25) is 4.68 Å². The molecule has 1 N–H and O–H groups in total. The van der Waals surface area contributed by atoms with E-state index in [1.165, 1.54) is 5.69 Å². The maximum Gasteiger partial charge on any atom is 0.0779 e. The van der Waals surface area contributed by atoms with Gasteiger partial charge in [-0.1, -0.05) is 20.8 Å². The van der Waals surface area contributed by atoms with Crippen LogP contribution in [0.1, 0.15) is 45.3 Å². The van der Waals surface area contributed by atoms with Crippen molar-refractivity contribution in [3.05, 3.63) is 16.4 Å². The quantitative estimate of drug-likeness (QED) is 0.800. The number of hydrogen-bond acceptors (Lipinski definition) is 3. The van der Waals surface area contributed by atoms with Crippen molar-refractivity contribution < 1.29 is 4.74 Å². The van der Waals surface area contributed by atoms with Crippen LogP contribution in [0.25, 0.3) is 0 Å². The Morgan fingerprint density at radius 2 is 2.17 bits per heavy atom. The molecule has 2 unspecified atom stereocenters. The van der Waals surface area contributed by atoms with Gasteiger partial charge in [-0.15, -0.1) is 0 Å². The molecule has 0 aliphatic heterocycles. The molecule has 0 amide bonds. The number of methoxy groups -OCH3 is 1. The molecule has 1 rings (SSSR count). The largest absolute Gasteiger partial charge is 0.379 e. The van der Waals surface area contributed by atoms with Crippen LogP contribution in [0.5, 0.6) is 0 Å². The highest BCUT2D eigenvalue weighted by Gasteiger charge is 2.26. The van der Waals surface area contributed by atoms with Crippen LogP contribution >= 0.6 is 15.9 Å². The predicted octanol–water partition coefficient (Wildman–Crippen LogP) is 3.13. The fourth-order valence-corrected chi connectivity index (χ4v) is 2.78. The molecule has 0 radical (unpaired) electrons. The first-order chi connectivity index (χ1) is 8.69. The lowest BCUT2D eigenvalue weighted by Crippen LogP contribution is -2.35. The minimum atomic E-state index is 0.161. The van der Waals surface area contributed by atoms with Gasteiger partial charge in [0, 0.05) is 13.7 Å². The molecule has 4 nitrogen and oxygen atoms in total. The topological polar surface area (TPSA) is 39.1 Å². The number of ether oxygens (including phenoxy) is 1. The van der Waals surface area contributed by atoms with E-state index < -0.39 is 0 Å². The minimum absolute atomic E-state index is 0.161. The average Bonchev–Trinajstić information content (AvgIpc) is 2.71. The van der Waals surface area contributed by atoms with Gasteiger partial charge in [0.2, 0.25) is 0 Å². The van der Waals surface area contributed by atoms with Gasteiger partial charge in [0.25, 0.3) is 0 Å². The van der Waals surface area contributed by atoms with Gasteiger partial charge in [0.1, 0.15) is 0 Å². The molecule has 1 heterocycles. The zero-order chi connectivity index (χ0) is 13.5. The summed E-state index contributed by atoms with van der Waals surface area (Å²) in [5, 5.41) is 7.94. The first kappa shape index (κ1) is 15.7. The van der Waals surface area contributed by atoms with E-state index in [1.54, 1.807) is 7.11 Å². The highest BCUT2D eigenvalue weighted by atomic mass is 79.9. The Balaban J connectivity index is 3.07. The van der Waals surface area contributed by atoms with Crippen LogP contribution in [0.3, 0.4) is 0 Å². The van der Waals surface area contributed by atoms with Gasteiger partial charge in [-0.2, -0.15) is 5.10 Å². The van der Waals surface area contributed by atoms with Crippen LogP contribution in [0.15, 0.2) is 10.7 Å². The van der Waals surface area contributed by atoms with Crippen molar-refractivity contribution in [1.82, 2.24) is 15.1 Å². The Morgan fingerprint density at radius 3 is 2.67 bits per heavy atom. The van der Waals surface area contributed by atoms with Gasteiger partial charge in [0.05, 0.1) is 28.5 Å². The van der Waals surface area contributed by atoms with Gasteiger partial charge < -0.3 is 10.1 Å². The third-order valence-corrected chi connectivity index (χ3v) is 3.68. The molecular weight excluding hydrogens is 294 g/mol. The van der Waals surface area contributed by atoms with Crippen molar-refractivity contribution in [2.45, 2.75) is 52.3 Å². The Labute approximate surface area is 118 Å². The summed E-state index contributed by atoms with van der Waals surface area (Å²) < 4.78 is 8.72. The van der Waals surface area contributed by atoms with Gasteiger partial charge >= 0.3 is 0 Å². The van der Waals surface area contributed by atoms with E-state index in [9.17, 15) is 0 Å². The van der Waals surface area contributed by atoms with Crippen LogP contribution in [0.2, 0.25) is 0 Å². The van der Waals surface area contributed by atoms with Crippen molar-refractivity contribution in [2.24, 2.45) is 0 Å². The van der Waals surface area contributed by atoms with Crippen molar-refractivity contribution in [3.8, 4) is 0 Å². The third-order valence-electron chi connectivity index (χ3n) is 3.06. The third kappa shape index (κ3) is 3.56. The number of halogens is 1. The fraction of sp³-hybridized carbons (Fsp3) is 0.769. The Morgan fingerprint density at radius 1 is 1.44 bits per heavy atom. The lowest BCUT2D eigenvalue weighted by molar-refractivity contribution is 0.0624. The van der Waals surface area contributed by atoms with E-state index in [-0.39, 0.29) is 12.1 Å². The van der Waals surface area contributed by atoms with E-state index in [2.05, 4.69) is 51.8 Å². The second kappa shape index (κ2) is 7.92. The summed E-state index contributed by atoms with van der Waals surface area (Å²) in [4.78, 5) is 0. The number of hydrogen-bond donors (Lipinski definition) is 1. The van der Waals surface area contributed by atoms with Crippen LogP contribution in [-0.4, -0.2) is 29.5 Å². The van der Waals surface area contributed by atoms with E-state index in [0.717, 1.165) is 30.4 Å². The molecule has 0 aliphatic carbocycles. The molecule has 104 valence electrons. The molecule has 0 fully saturated rings. The van der Waals surface area contributed by atoms with Crippen molar-refractivity contribution in [2.75, 3.05) is 13.7 Å². The summed E-state index contributed by atoms with van der Waals surface area (Å²) in [6.45, 7) is 8.27. The van der Waals surface area contributed by atoms with E-state index in [4.69, 9.17) is 4.74 Å². The molecule has 0 aromatic carbocycles. The van der Waals surface area contributed by atoms with E-state index in [0.29, 0.717) is 0 Å². The highest BCUT2D eigenvalue weighted by Crippen LogP contribution is 2.28. The number of aryl methyl sites for hydroxylation is 1. The highest BCUT2D eigenvalue weighted by molar-refractivity contribution is 9.10. The molecule has 0 saturated carbocycles. The van der Waals surface area contributed by atoms with Crippen LogP contribution in [0, 0.1) is 0 Å². The standard InChI is InChI=1S/C13H24BrN3O/c1-5-8-17-13(10(14)9-16-17)12(15-7-3)11(6-2)18-4/h9,11-12,15H,5-8H2,1-4H3. The monoisotopic (exact) mass is 317 g/mol. The minimum Gasteiger partial charge on any atom is -0.379 e. The second-order valence-corrected chi connectivity index (χ2v) is 5.17. The zero-order valence-corrected chi connectivity index (χ0v) is 13.3. The summed E-state index contributed by atoms with van der Waals surface area (Å²) in [5.74, 6) is 0. The van der Waals surface area contributed by atoms with Crippen LogP contribution < -0.4 is 5.32 Å². The number of nitrogens with zero attached hydrogens (tertiary/aromatic N) is 2. The summed E-state index contributed by atoms with van der Waals surface area (Å²) in [6.07, 6.45) is 4.08. The molecule has 0 spiro atoms. The predicted molar refractivity (Wildman–Crippen MR) is 77.7 cm³/mol. The molecule has 1 aromatic rings. The van der Waals surface area contributed by atoms with E-state index in [1.807, 2.05) is 6.20 Å². The van der Waals surface area contributed by atoms with Crippen molar-refractivity contribution in [1.29, 1.82) is 0 Å². The molecule has 1 aromatic heterocycles. The fourth-order valence-electron chi connectivity index (χ4n) is 2.23. The molecule has 2 atom stereocenters. The SMILES string of the molecule is CCCn1ncc(Br)c1C(NCC)C(CC)OC. The first-order valence-corrected chi connectivity index (χ1v) is 7.46. The molecule has 5 heteroatoms. The smallest absolute Gasteiger partial charge is 0.0779 e. The zero-order valence-electron chi connectivity index (χ0n) is 11.7. The number of rotatable bonds is 8. The molecule has 18 heavy (non-hydrogen) atoms. The van der Waals surface area contributed by atoms with Crippen LogP contribution in [0.4, 0.5) is 0 Å². The first-order valence-electron chi connectivity index (χ1n) is 6.66. The van der Waals surface area contributed by atoms with Crippen LogP contribution in [-0.2, 0) is 11.3 Å². The second-order valence-electron chi connectivity index (χ2n) is 4.32. The Bertz CT molecular complexity index is 350.